The lowest BCUT2D eigenvalue weighted by atomic mass is 9.86. The molecule has 3 aromatic heterocycles. The van der Waals surface area contributed by atoms with Gasteiger partial charge in [0.25, 0.3) is 0 Å². The van der Waals surface area contributed by atoms with Crippen molar-refractivity contribution in [1.82, 2.24) is 49.5 Å². The molecule has 20 nitrogen and oxygen atoms in total. The monoisotopic (exact) mass is 1250 g/mol. The van der Waals surface area contributed by atoms with E-state index in [0.29, 0.717) is 61.5 Å². The number of carbonyl (C=O) groups excluding carboxylic acids is 4. The van der Waals surface area contributed by atoms with Crippen LogP contribution in [0.25, 0.3) is 33.1 Å². The number of hydrogen-bond donors (Lipinski definition) is 1. The zero-order valence-corrected chi connectivity index (χ0v) is 55.6. The van der Waals surface area contributed by atoms with Crippen LogP contribution in [0.4, 0.5) is 21.0 Å². The lowest BCUT2D eigenvalue weighted by Gasteiger charge is -2.42. The van der Waals surface area contributed by atoms with Gasteiger partial charge in [-0.15, -0.1) is 0 Å². The summed E-state index contributed by atoms with van der Waals surface area (Å²) in [5, 5.41) is 14.3. The minimum Gasteiger partial charge on any atom is -0.473 e. The number of pyridine rings is 1. The molecule has 0 bridgehead atoms. The van der Waals surface area contributed by atoms with Gasteiger partial charge in [0.1, 0.15) is 30.1 Å². The fourth-order valence-corrected chi connectivity index (χ4v) is 13.8. The van der Waals surface area contributed by atoms with E-state index in [2.05, 4.69) is 63.0 Å². The van der Waals surface area contributed by atoms with Crippen molar-refractivity contribution in [3.63, 3.8) is 0 Å². The molecule has 0 saturated carbocycles. The molecule has 5 fully saturated rings. The molecule has 7 aromatic rings. The molecule has 5 atom stereocenters. The van der Waals surface area contributed by atoms with E-state index in [-0.39, 0.29) is 24.0 Å². The van der Waals surface area contributed by atoms with E-state index in [0.717, 1.165) is 160 Å². The van der Waals surface area contributed by atoms with Crippen LogP contribution in [0.15, 0.2) is 109 Å². The van der Waals surface area contributed by atoms with Gasteiger partial charge in [0.05, 0.1) is 39.6 Å². The first kappa shape index (κ1) is 65.3. The number of para-hydroxylation sites is 2. The second-order valence-electron chi connectivity index (χ2n) is 27.9. The molecule has 4 amide bonds. The molecule has 1 N–H and O–H groups in total. The van der Waals surface area contributed by atoms with Crippen molar-refractivity contribution in [2.75, 3.05) is 101 Å². The predicted molar refractivity (Wildman–Crippen MR) is 359 cm³/mol. The molecule has 0 spiro atoms. The number of anilines is 2. The van der Waals surface area contributed by atoms with E-state index < -0.39 is 17.1 Å². The van der Waals surface area contributed by atoms with Crippen LogP contribution in [-0.4, -0.2) is 171 Å². The van der Waals surface area contributed by atoms with Gasteiger partial charge >= 0.3 is 12.2 Å². The summed E-state index contributed by atoms with van der Waals surface area (Å²) < 4.78 is 27.6. The minimum atomic E-state index is -0.473. The second kappa shape index (κ2) is 28.3. The van der Waals surface area contributed by atoms with Gasteiger partial charge in [-0.1, -0.05) is 98.8 Å². The quantitative estimate of drug-likeness (QED) is 0.101. The molecule has 0 aliphatic carbocycles. The number of likely N-dealkylation sites (tertiary alicyclic amines) is 2. The first-order valence-corrected chi connectivity index (χ1v) is 33.1. The Kier molecular flexibility index (Phi) is 20.1. The van der Waals surface area contributed by atoms with Crippen molar-refractivity contribution in [2.45, 2.75) is 111 Å². The van der Waals surface area contributed by atoms with Crippen LogP contribution in [0.1, 0.15) is 104 Å². The third-order valence-corrected chi connectivity index (χ3v) is 18.7. The summed E-state index contributed by atoms with van der Waals surface area (Å²) in [6.45, 7) is 29.6. The number of imide groups is 1. The fourth-order valence-electron chi connectivity index (χ4n) is 13.8. The molecule has 490 valence electrons. The van der Waals surface area contributed by atoms with Crippen LogP contribution < -0.4 is 24.6 Å². The number of nitrogens with zero attached hydrogens (tertiary/aromatic N) is 11. The molecule has 0 radical (unpaired) electrons. The molecular weight excluding hydrogens is 1160 g/mol. The number of amides is 4. The van der Waals surface area contributed by atoms with Crippen LogP contribution >= 0.6 is 0 Å². The average Bonchev–Trinajstić information content (AvgIpc) is 1.61. The highest BCUT2D eigenvalue weighted by atomic mass is 16.6. The van der Waals surface area contributed by atoms with Gasteiger partial charge in [0.2, 0.25) is 23.6 Å². The third kappa shape index (κ3) is 15.8. The lowest BCUT2D eigenvalue weighted by Crippen LogP contribution is -2.51. The van der Waals surface area contributed by atoms with E-state index in [9.17, 15) is 19.2 Å². The highest BCUT2D eigenvalue weighted by Crippen LogP contribution is 2.40. The van der Waals surface area contributed by atoms with Crippen molar-refractivity contribution in [3.8, 4) is 23.0 Å². The number of fused-ring (bicyclic) bond motifs is 2. The van der Waals surface area contributed by atoms with Crippen molar-refractivity contribution in [1.29, 1.82) is 0 Å². The molecule has 5 aliphatic rings. The first-order valence-electron chi connectivity index (χ1n) is 33.1. The number of rotatable bonds is 14. The number of hydrogen-bond acceptors (Lipinski definition) is 15. The van der Waals surface area contributed by atoms with Crippen LogP contribution in [0.2, 0.25) is 0 Å². The Morgan fingerprint density at radius 3 is 1.54 bits per heavy atom. The van der Waals surface area contributed by atoms with Crippen LogP contribution in [0.3, 0.4) is 0 Å². The maximum absolute atomic E-state index is 12.7. The first-order chi connectivity index (χ1) is 44.1. The van der Waals surface area contributed by atoms with Crippen molar-refractivity contribution in [3.05, 3.63) is 126 Å². The van der Waals surface area contributed by atoms with Gasteiger partial charge in [0.15, 0.2) is 0 Å². The van der Waals surface area contributed by atoms with Crippen molar-refractivity contribution in [2.24, 2.45) is 37.8 Å². The number of nitrogens with one attached hydrogen (secondary N) is 1. The largest absolute Gasteiger partial charge is 0.473 e. The van der Waals surface area contributed by atoms with Crippen LogP contribution in [-0.2, 0) is 46.4 Å². The summed E-state index contributed by atoms with van der Waals surface area (Å²) in [6.07, 6.45) is 2.44. The zero-order valence-electron chi connectivity index (χ0n) is 55.6. The summed E-state index contributed by atoms with van der Waals surface area (Å²) in [7, 11) is 3.95. The predicted octanol–water partition coefficient (Wildman–Crippen LogP) is 10.9. The SMILES string of the molecule is C[C@@H]1CN(C(=O)OC(C)(C)C)CC[C@@H]1CN1CCN(c2cccc3c(-c4ccc(OCc5ccccc5)nc4OCc4ccccc4)nn(C)c23)CC1.C[C@@H]1CN(C(=O)OC(C)(C)C)CC[C@@H]1CN1CCN(c2cccc3c(C4CCC(=O)NC4=O)nn(C)c23)CC1. The van der Waals surface area contributed by atoms with E-state index in [1.807, 2.05) is 160 Å². The molecule has 5 aliphatic heterocycles. The Bertz CT molecular complexity index is 3690. The zero-order chi connectivity index (χ0) is 64.8. The molecule has 5 saturated heterocycles. The number of carbonyl (C=O) groups is 4. The summed E-state index contributed by atoms with van der Waals surface area (Å²) in [4.78, 5) is 68.1. The maximum atomic E-state index is 12.7. The topological polar surface area (TPSA) is 185 Å². The van der Waals surface area contributed by atoms with E-state index in [1.54, 1.807) is 0 Å². The molecule has 8 heterocycles. The van der Waals surface area contributed by atoms with Gasteiger partial charge < -0.3 is 38.5 Å². The normalized spacial score (nSPS) is 21.2. The Labute approximate surface area is 542 Å². The number of aryl methyl sites for hydroxylation is 2. The molecule has 12 rings (SSSR count). The highest BCUT2D eigenvalue weighted by Gasteiger charge is 2.37. The Balaban J connectivity index is 0.000000198. The Morgan fingerprint density at radius 1 is 0.554 bits per heavy atom. The van der Waals surface area contributed by atoms with Gasteiger partial charge in [-0.25, -0.2) is 9.59 Å². The van der Waals surface area contributed by atoms with E-state index in [1.165, 1.54) is 5.69 Å². The number of aromatic nitrogens is 5. The Hall–Kier alpha value is -8.23. The fraction of sp³-hybridized carbons (Fsp3) is 0.514. The highest BCUT2D eigenvalue weighted by molar-refractivity contribution is 6.04. The summed E-state index contributed by atoms with van der Waals surface area (Å²) in [5.41, 5.74) is 8.06. The van der Waals surface area contributed by atoms with Crippen LogP contribution in [0.5, 0.6) is 11.8 Å². The van der Waals surface area contributed by atoms with E-state index in [4.69, 9.17) is 34.1 Å². The molecule has 4 aromatic carbocycles. The van der Waals surface area contributed by atoms with Crippen molar-refractivity contribution >= 4 is 57.2 Å². The van der Waals surface area contributed by atoms with Gasteiger partial charge in [-0.2, -0.15) is 15.2 Å². The van der Waals surface area contributed by atoms with Crippen molar-refractivity contribution < 1.29 is 38.1 Å². The second-order valence-corrected chi connectivity index (χ2v) is 27.9. The lowest BCUT2D eigenvalue weighted by molar-refractivity contribution is -0.134. The molecule has 1 unspecified atom stereocenters. The summed E-state index contributed by atoms with van der Waals surface area (Å²) in [6, 6.07) is 36.8. The molecular formula is C72H94N12O8. The standard InChI is InChI=1S/C43H52N6O4.C29H42N6O4/c1-31-27-49(42(50)53-43(2,3)4)22-21-34(31)28-47-23-25-48(26-24-47)37-18-12-17-35-39(45-46(5)40(35)37)36-19-20-38(51-29-32-13-8-6-9-14-32)44-41(36)52-30-33-15-10-7-11-16-33;1-19-17-35(28(38)39-29(2,3)4)12-11-20(19)18-33-13-15-34(16-14-33)23-8-6-7-21-25(31-32(5)26(21)23)22-9-10-24(36)30-27(22)37/h6-20,31,34H,21-30H2,1-5H3;6-8,19-20,22H,9-18H2,1-5H3,(H,30,36,37)/t31-,34-;19-,20-,22?/m11/s1. The summed E-state index contributed by atoms with van der Waals surface area (Å²) >= 11 is 0. The number of piperazine rings is 2. The average molecular weight is 1260 g/mol. The van der Waals surface area contributed by atoms with Crippen LogP contribution in [0, 0.1) is 23.7 Å². The number of piperidine rings is 3. The molecule has 20 heteroatoms. The van der Waals surface area contributed by atoms with Gasteiger partial charge in [0, 0.05) is 129 Å². The molecule has 92 heavy (non-hydrogen) atoms. The van der Waals surface area contributed by atoms with E-state index >= 15 is 0 Å². The smallest absolute Gasteiger partial charge is 0.410 e. The Morgan fingerprint density at radius 2 is 1.04 bits per heavy atom. The van der Waals surface area contributed by atoms with Gasteiger partial charge in [-0.3, -0.25) is 34.1 Å². The minimum absolute atomic E-state index is 0.194. The van der Waals surface area contributed by atoms with Gasteiger partial charge in [-0.05, 0) is 114 Å². The maximum Gasteiger partial charge on any atom is 0.410 e. The third-order valence-electron chi connectivity index (χ3n) is 18.7. The number of ether oxygens (including phenoxy) is 4. The summed E-state index contributed by atoms with van der Waals surface area (Å²) in [5.74, 6) is 2.11. The number of benzene rings is 4.